The molecule has 7 heavy (non-hydrogen) atoms. The molecule has 0 aliphatic rings. The first kappa shape index (κ1) is 10.8. The van der Waals surface area contributed by atoms with E-state index in [2.05, 4.69) is 21.8 Å². The summed E-state index contributed by atoms with van der Waals surface area (Å²) >= 11 is 2.29. The zero-order valence-corrected chi connectivity index (χ0v) is 9.36. The van der Waals surface area contributed by atoms with Gasteiger partial charge in [0.15, 0.2) is 0 Å². The Morgan fingerprint density at radius 3 is 1.57 bits per heavy atom. The minimum absolute atomic E-state index is 0.844. The first-order chi connectivity index (χ1) is 3.41. The molecule has 0 amide bonds. The second-order valence-electron chi connectivity index (χ2n) is 0.781. The van der Waals surface area contributed by atoms with Crippen molar-refractivity contribution in [3.8, 4) is 0 Å². The van der Waals surface area contributed by atoms with Crippen molar-refractivity contribution in [3.05, 3.63) is 0 Å². The van der Waals surface area contributed by atoms with Gasteiger partial charge in [-0.1, -0.05) is 0 Å². The van der Waals surface area contributed by atoms with Crippen LogP contribution in [-0.2, 0) is 4.74 Å². The maximum atomic E-state index is 4.83. The molecule has 0 aliphatic carbocycles. The summed E-state index contributed by atoms with van der Waals surface area (Å²) in [6, 6.07) is 0. The molecule has 0 heterocycles. The predicted molar refractivity (Wildman–Crippen MR) is 46.1 cm³/mol. The lowest BCUT2D eigenvalue weighted by atomic mass is 10.8. The van der Waals surface area contributed by atoms with Gasteiger partial charge in [-0.05, 0) is 13.8 Å². The van der Waals surface area contributed by atoms with Gasteiger partial charge in [0.25, 0.3) is 0 Å². The highest BCUT2D eigenvalue weighted by molar-refractivity contribution is 14.1. The Morgan fingerprint density at radius 2 is 1.57 bits per heavy atom. The highest BCUT2D eigenvalue weighted by atomic mass is 127. The molecule has 0 unspecified atom stereocenters. The Labute approximate surface area is 61.5 Å². The van der Waals surface area contributed by atoms with Crippen LogP contribution in [0.2, 0.25) is 0 Å². The van der Waals surface area contributed by atoms with Gasteiger partial charge in [-0.3, -0.25) is 0 Å². The maximum absolute atomic E-state index is 4.83. The fourth-order valence-electron chi connectivity index (χ4n) is 0.204. The zero-order chi connectivity index (χ0) is 6.12. The molecule has 46 valence electrons. The highest BCUT2D eigenvalue weighted by Crippen LogP contribution is 1.64. The first-order valence-electron chi connectivity index (χ1n) is 2.37. The fraction of sp³-hybridized carbons (Fsp3) is 1.00. The van der Waals surface area contributed by atoms with E-state index in [1.807, 2.05) is 13.8 Å². The summed E-state index contributed by atoms with van der Waals surface area (Å²) in [6.45, 7) is 5.67. The van der Waals surface area contributed by atoms with E-state index >= 15 is 0 Å². The maximum Gasteiger partial charge on any atom is 0.0778 e. The lowest BCUT2D eigenvalue weighted by Gasteiger charge is -1.86. The van der Waals surface area contributed by atoms with E-state index in [1.165, 1.54) is 7.74 Å². The summed E-state index contributed by atoms with van der Waals surface area (Å²) in [5.74, 6) is 0. The van der Waals surface area contributed by atoms with Gasteiger partial charge < -0.3 is 4.74 Å². The summed E-state index contributed by atoms with van der Waals surface area (Å²) in [4.78, 5) is 0. The lowest BCUT2D eigenvalue weighted by Crippen LogP contribution is -1.84. The van der Waals surface area contributed by atoms with Gasteiger partial charge in [-0.15, -0.1) is 21.8 Å². The normalized spacial score (nSPS) is 7.29. The van der Waals surface area contributed by atoms with Crippen LogP contribution in [0, 0.1) is 0 Å². The van der Waals surface area contributed by atoms with Crippen molar-refractivity contribution in [1.29, 1.82) is 0 Å². The number of rotatable bonds is 2. The van der Waals surface area contributed by atoms with Crippen LogP contribution < -0.4 is 0 Å². The molecule has 0 bridgehead atoms. The number of hydrogen-bond donors (Lipinski definition) is 0. The average Bonchev–Trinajstić information content (AvgIpc) is 1.75. The Balaban J connectivity index is 0. The molecule has 0 aliphatic heterocycles. The third kappa shape index (κ3) is 19.7. The van der Waals surface area contributed by atoms with Crippen LogP contribution in [0.3, 0.4) is 0 Å². The Hall–Kier alpha value is 0.907. The first-order valence-corrected chi connectivity index (χ1v) is 9.60. The topological polar surface area (TPSA) is 9.23 Å². The molecule has 0 atom stereocenters. The van der Waals surface area contributed by atoms with Crippen molar-refractivity contribution in [2.45, 2.75) is 13.8 Å². The molecule has 3 heteroatoms. The minimum Gasteiger partial charge on any atom is -0.382 e. The van der Waals surface area contributed by atoms with Crippen LogP contribution in [0.4, 0.5) is 0 Å². The van der Waals surface area contributed by atoms with Gasteiger partial charge in [-0.25, -0.2) is 0 Å². The van der Waals surface area contributed by atoms with Crippen molar-refractivity contribution in [2.24, 2.45) is 0 Å². The largest absolute Gasteiger partial charge is 0.382 e. The van der Waals surface area contributed by atoms with Crippen LogP contribution >= 0.6 is 21.8 Å². The standard InChI is InChI=1S/C4H10O.H3ISi/c1-3-5-4-2;1-2/h3-4H2,1-2H3;2H3. The Kier molecular flexibility index (Phi) is 24.4. The van der Waals surface area contributed by atoms with Gasteiger partial charge in [0, 0.05) is 13.2 Å². The molecule has 0 radical (unpaired) electrons. The smallest absolute Gasteiger partial charge is 0.0778 e. The summed E-state index contributed by atoms with van der Waals surface area (Å²) < 4.78 is 4.83. The molecule has 0 fully saturated rings. The van der Waals surface area contributed by atoms with E-state index in [4.69, 9.17) is 4.74 Å². The monoisotopic (exact) mass is 232 g/mol. The summed E-state index contributed by atoms with van der Waals surface area (Å²) in [7, 11) is 1.28. The molecule has 0 N–H and O–H groups in total. The fourth-order valence-corrected chi connectivity index (χ4v) is 0.204. The average molecular weight is 232 g/mol. The van der Waals surface area contributed by atoms with Gasteiger partial charge >= 0.3 is 0 Å². The van der Waals surface area contributed by atoms with Crippen LogP contribution in [0.1, 0.15) is 13.8 Å². The lowest BCUT2D eigenvalue weighted by molar-refractivity contribution is 0.162. The molecule has 0 aromatic carbocycles. The third-order valence-electron chi connectivity index (χ3n) is 0.408. The Bertz CT molecular complexity index is 19.2. The highest BCUT2D eigenvalue weighted by Gasteiger charge is 1.64. The SMILES string of the molecule is CCOCC.[SiH3]I. The van der Waals surface area contributed by atoms with E-state index in [0.717, 1.165) is 13.2 Å². The van der Waals surface area contributed by atoms with E-state index in [-0.39, 0.29) is 0 Å². The van der Waals surface area contributed by atoms with E-state index < -0.39 is 0 Å². The molecule has 0 saturated heterocycles. The molecule has 0 spiro atoms. The van der Waals surface area contributed by atoms with Crippen LogP contribution in [-0.4, -0.2) is 21.0 Å². The predicted octanol–water partition coefficient (Wildman–Crippen LogP) is 0.745. The molecule has 1 nitrogen and oxygen atoms in total. The summed E-state index contributed by atoms with van der Waals surface area (Å²) in [5.41, 5.74) is 0. The number of hydrogen-bond acceptors (Lipinski definition) is 1. The van der Waals surface area contributed by atoms with E-state index in [9.17, 15) is 0 Å². The van der Waals surface area contributed by atoms with Crippen LogP contribution in [0.15, 0.2) is 0 Å². The van der Waals surface area contributed by atoms with Gasteiger partial charge in [0.05, 0.1) is 7.74 Å². The van der Waals surface area contributed by atoms with Gasteiger partial charge in [0.2, 0.25) is 0 Å². The molecular formula is C4H13IOSi. The second kappa shape index (κ2) is 15.8. The number of ether oxygens (including phenoxy) is 1. The molecule has 0 aromatic heterocycles. The van der Waals surface area contributed by atoms with Crippen molar-refractivity contribution in [1.82, 2.24) is 0 Å². The van der Waals surface area contributed by atoms with Crippen molar-refractivity contribution < 1.29 is 4.74 Å². The quantitative estimate of drug-likeness (QED) is 0.387. The van der Waals surface area contributed by atoms with Gasteiger partial charge in [-0.2, -0.15) is 0 Å². The van der Waals surface area contributed by atoms with Crippen LogP contribution in [0.5, 0.6) is 0 Å². The van der Waals surface area contributed by atoms with Crippen molar-refractivity contribution >= 4 is 29.5 Å². The Morgan fingerprint density at radius 1 is 1.29 bits per heavy atom. The summed E-state index contributed by atoms with van der Waals surface area (Å²) in [5, 5.41) is 0. The molecule has 0 rings (SSSR count). The molecule has 0 saturated carbocycles. The van der Waals surface area contributed by atoms with Crippen LogP contribution in [0.25, 0.3) is 0 Å². The van der Waals surface area contributed by atoms with E-state index in [1.54, 1.807) is 0 Å². The van der Waals surface area contributed by atoms with Crippen molar-refractivity contribution in [3.63, 3.8) is 0 Å². The number of halogens is 1. The van der Waals surface area contributed by atoms with Gasteiger partial charge in [0.1, 0.15) is 0 Å². The van der Waals surface area contributed by atoms with E-state index in [0.29, 0.717) is 0 Å². The molecule has 0 aromatic rings. The zero-order valence-electron chi connectivity index (χ0n) is 5.20. The van der Waals surface area contributed by atoms with Crippen molar-refractivity contribution in [2.75, 3.05) is 13.2 Å². The minimum atomic E-state index is 0.844. The molecular weight excluding hydrogens is 219 g/mol. The third-order valence-corrected chi connectivity index (χ3v) is 0.408. The summed E-state index contributed by atoms with van der Waals surface area (Å²) in [6.07, 6.45) is 0. The second-order valence-corrected chi connectivity index (χ2v) is 0.781.